The van der Waals surface area contributed by atoms with Gasteiger partial charge in [0.25, 0.3) is 0 Å². The summed E-state index contributed by atoms with van der Waals surface area (Å²) in [7, 11) is 0. The number of fused-ring (bicyclic) bond motifs is 3. The van der Waals surface area contributed by atoms with Crippen LogP contribution in [0.4, 0.5) is 0 Å². The summed E-state index contributed by atoms with van der Waals surface area (Å²) >= 11 is 0. The van der Waals surface area contributed by atoms with E-state index in [1.165, 1.54) is 115 Å². The van der Waals surface area contributed by atoms with E-state index in [4.69, 9.17) is 0 Å². The molecule has 0 radical (unpaired) electrons. The Kier molecular flexibility index (Phi) is 7.66. The van der Waals surface area contributed by atoms with Gasteiger partial charge in [-0.1, -0.05) is 186 Å². The number of benzene rings is 8. The van der Waals surface area contributed by atoms with E-state index in [-0.39, 0.29) is 10.8 Å². The Labute approximate surface area is 354 Å². The smallest absolute Gasteiger partial charge is 0.0159 e. The lowest BCUT2D eigenvalue weighted by molar-refractivity contribution is 0.584. The van der Waals surface area contributed by atoms with Crippen LogP contribution in [0.2, 0.25) is 0 Å². The molecule has 0 aliphatic heterocycles. The average molecular weight is 771 g/mol. The van der Waals surface area contributed by atoms with Crippen molar-refractivity contribution in [3.8, 4) is 44.5 Å². The summed E-state index contributed by atoms with van der Waals surface area (Å²) in [5.41, 5.74) is 19.2. The van der Waals surface area contributed by atoms with Crippen molar-refractivity contribution in [1.29, 1.82) is 0 Å². The van der Waals surface area contributed by atoms with Gasteiger partial charge in [-0.3, -0.25) is 0 Å². The quantitative estimate of drug-likeness (QED) is 0.124. The highest BCUT2D eigenvalue weighted by Crippen LogP contribution is 2.52. The van der Waals surface area contributed by atoms with Crippen molar-refractivity contribution in [2.45, 2.75) is 71.1 Å². The molecule has 0 saturated carbocycles. The van der Waals surface area contributed by atoms with Gasteiger partial charge in [0.15, 0.2) is 0 Å². The molecule has 1 unspecified atom stereocenters. The van der Waals surface area contributed by atoms with Crippen LogP contribution in [0.15, 0.2) is 157 Å². The van der Waals surface area contributed by atoms with Crippen LogP contribution < -0.4 is 10.4 Å². The van der Waals surface area contributed by atoms with E-state index >= 15 is 0 Å². The van der Waals surface area contributed by atoms with Crippen LogP contribution in [0, 0.1) is 5.92 Å². The van der Waals surface area contributed by atoms with Crippen molar-refractivity contribution < 1.29 is 0 Å². The van der Waals surface area contributed by atoms with Crippen molar-refractivity contribution in [1.82, 2.24) is 0 Å². The molecular formula is C60H50. The van der Waals surface area contributed by atoms with Gasteiger partial charge in [-0.25, -0.2) is 0 Å². The maximum Gasteiger partial charge on any atom is 0.0159 e. The van der Waals surface area contributed by atoms with Crippen LogP contribution in [-0.2, 0) is 17.3 Å². The minimum atomic E-state index is -0.139. The molecule has 60 heavy (non-hydrogen) atoms. The highest BCUT2D eigenvalue weighted by molar-refractivity contribution is 6.26. The third-order valence-corrected chi connectivity index (χ3v) is 14.6. The van der Waals surface area contributed by atoms with Crippen LogP contribution in [0.5, 0.6) is 0 Å². The second-order valence-corrected chi connectivity index (χ2v) is 19.4. The van der Waals surface area contributed by atoms with Crippen LogP contribution >= 0.6 is 0 Å². The molecular weight excluding hydrogens is 721 g/mol. The zero-order valence-corrected chi connectivity index (χ0v) is 35.4. The van der Waals surface area contributed by atoms with E-state index < -0.39 is 0 Å². The van der Waals surface area contributed by atoms with E-state index in [0.717, 1.165) is 25.7 Å². The Morgan fingerprint density at radius 1 is 0.567 bits per heavy atom. The average Bonchev–Trinajstić information content (AvgIpc) is 3.54. The lowest BCUT2D eigenvalue weighted by Gasteiger charge is -2.26. The summed E-state index contributed by atoms with van der Waals surface area (Å²) < 4.78 is 0. The molecule has 0 aromatic heterocycles. The molecule has 12 rings (SSSR count). The monoisotopic (exact) mass is 770 g/mol. The zero-order chi connectivity index (χ0) is 40.5. The lowest BCUT2D eigenvalue weighted by atomic mass is 9.78. The molecule has 8 aromatic rings. The molecule has 0 N–H and O–H groups in total. The predicted molar refractivity (Wildman–Crippen MR) is 257 cm³/mol. The van der Waals surface area contributed by atoms with E-state index in [1.54, 1.807) is 5.57 Å². The molecule has 0 spiro atoms. The summed E-state index contributed by atoms with van der Waals surface area (Å²) in [6.07, 6.45) is 18.8. The van der Waals surface area contributed by atoms with E-state index in [2.05, 4.69) is 192 Å². The molecule has 1 atom stereocenters. The topological polar surface area (TPSA) is 0 Å². The standard InChI is InChI=1S/C60H50/c1-59(2,3)43-28-33-47-46-31-27-42(34-52(46)60(4,5)53(47)35-43)56-48(44-29-24-40-17-8-14-36-12-6-7-13-37-18-10-19-50(44)57(40)54(36)37)20-11-21-49(56)45-30-25-41-23-22-38-15-9-16-39-26-32-51(45)58(41)55(38)39/h6-9,11,14-16,18-36H,10,12-13,17H2,1-5H3. The molecule has 290 valence electrons. The van der Waals surface area contributed by atoms with Crippen LogP contribution in [0.1, 0.15) is 76.1 Å². The molecule has 8 aromatic carbocycles. The molecule has 0 fully saturated rings. The first kappa shape index (κ1) is 35.7. The molecule has 0 saturated heterocycles. The van der Waals surface area contributed by atoms with Gasteiger partial charge in [0, 0.05) is 11.3 Å². The minimum absolute atomic E-state index is 0.0849. The molecule has 0 amide bonds. The largest absolute Gasteiger partial charge is 0.0873 e. The fourth-order valence-corrected chi connectivity index (χ4v) is 11.6. The summed E-state index contributed by atoms with van der Waals surface area (Å²) in [5.74, 6) is 0.402. The van der Waals surface area contributed by atoms with Gasteiger partial charge in [-0.15, -0.1) is 0 Å². The van der Waals surface area contributed by atoms with Gasteiger partial charge < -0.3 is 0 Å². The zero-order valence-electron chi connectivity index (χ0n) is 35.4. The fraction of sp³-hybridized carbons (Fsp3) is 0.200. The van der Waals surface area contributed by atoms with Gasteiger partial charge in [-0.05, 0) is 158 Å². The van der Waals surface area contributed by atoms with E-state index in [1.807, 2.05) is 0 Å². The van der Waals surface area contributed by atoms with Gasteiger partial charge >= 0.3 is 0 Å². The van der Waals surface area contributed by atoms with Crippen LogP contribution in [0.3, 0.4) is 0 Å². The lowest BCUT2D eigenvalue weighted by Crippen LogP contribution is -2.33. The predicted octanol–water partition coefficient (Wildman–Crippen LogP) is 14.5. The van der Waals surface area contributed by atoms with Crippen molar-refractivity contribution in [2.24, 2.45) is 5.92 Å². The molecule has 0 nitrogen and oxygen atoms in total. The first-order valence-corrected chi connectivity index (χ1v) is 22.1. The second-order valence-electron chi connectivity index (χ2n) is 19.4. The summed E-state index contributed by atoms with van der Waals surface area (Å²) in [6, 6.07) is 47.4. The second kappa shape index (κ2) is 12.9. The SMILES string of the molecule is CC(C)(C)c1ccc2c(c1)C(C)(C)c1cc(-c3c(-c4ccc5c6c4=CCC=C4CC=CCC(C=CC5)C=64)cccc3-c3ccc4ccc5cccc6ccc3c4c56)ccc1-2. The highest BCUT2D eigenvalue weighted by Gasteiger charge is 2.37. The number of hydrogen-bond donors (Lipinski definition) is 0. The Morgan fingerprint density at radius 2 is 1.25 bits per heavy atom. The maximum atomic E-state index is 2.56. The van der Waals surface area contributed by atoms with Crippen molar-refractivity contribution in [3.05, 3.63) is 190 Å². The molecule has 4 aliphatic carbocycles. The first-order valence-electron chi connectivity index (χ1n) is 22.1. The van der Waals surface area contributed by atoms with Crippen LogP contribution in [0.25, 0.3) is 88.5 Å². The van der Waals surface area contributed by atoms with Crippen molar-refractivity contribution in [2.75, 3.05) is 0 Å². The Bertz CT molecular complexity index is 3350. The number of hydrogen-bond acceptors (Lipinski definition) is 0. The Morgan fingerprint density at radius 3 is 2.07 bits per heavy atom. The van der Waals surface area contributed by atoms with Gasteiger partial charge in [0.05, 0.1) is 0 Å². The molecule has 0 heterocycles. The first-order chi connectivity index (χ1) is 29.1. The Hall–Kier alpha value is -6.24. The normalized spacial score (nSPS) is 17.5. The molecule has 0 heteroatoms. The molecule has 0 bridgehead atoms. The van der Waals surface area contributed by atoms with E-state index in [9.17, 15) is 0 Å². The summed E-state index contributed by atoms with van der Waals surface area (Å²) in [6.45, 7) is 11.8. The van der Waals surface area contributed by atoms with Crippen molar-refractivity contribution >= 4 is 44.0 Å². The summed E-state index contributed by atoms with van der Waals surface area (Å²) in [4.78, 5) is 0. The molecule has 4 aliphatic rings. The van der Waals surface area contributed by atoms with Crippen molar-refractivity contribution in [3.63, 3.8) is 0 Å². The van der Waals surface area contributed by atoms with Crippen LogP contribution in [-0.4, -0.2) is 0 Å². The number of allylic oxidation sites excluding steroid dienone is 6. The van der Waals surface area contributed by atoms with Gasteiger partial charge in [0.1, 0.15) is 0 Å². The fourth-order valence-electron chi connectivity index (χ4n) is 11.6. The highest BCUT2D eigenvalue weighted by atomic mass is 14.4. The third-order valence-electron chi connectivity index (χ3n) is 14.6. The van der Waals surface area contributed by atoms with Gasteiger partial charge in [0.2, 0.25) is 0 Å². The van der Waals surface area contributed by atoms with Gasteiger partial charge in [-0.2, -0.15) is 0 Å². The summed E-state index contributed by atoms with van der Waals surface area (Å²) in [5, 5.41) is 10.8. The van der Waals surface area contributed by atoms with E-state index in [0.29, 0.717) is 5.92 Å². The third kappa shape index (κ3) is 5.16. The number of rotatable bonds is 3. The minimum Gasteiger partial charge on any atom is -0.0873 e. The Balaban J connectivity index is 1.16. The maximum absolute atomic E-state index is 2.56.